The summed E-state index contributed by atoms with van der Waals surface area (Å²) in [5.41, 5.74) is 0.0119. The second-order valence-electron chi connectivity index (χ2n) is 4.02. The number of halogens is 3. The number of amides is 1. The molecule has 0 saturated carbocycles. The molecule has 2 aromatic carbocycles. The molecular weight excluding hydrogens is 269 g/mol. The van der Waals surface area contributed by atoms with Gasteiger partial charge in [0.25, 0.3) is 5.91 Å². The van der Waals surface area contributed by atoms with Crippen molar-refractivity contribution in [3.05, 3.63) is 59.4 Å². The monoisotopic (exact) mass is 280 g/mol. The van der Waals surface area contributed by atoms with E-state index in [0.29, 0.717) is 6.07 Å². The molecule has 0 aliphatic heterocycles. The largest absolute Gasteiger partial charge is 0.385 e. The first-order valence-corrected chi connectivity index (χ1v) is 5.75. The summed E-state index contributed by atoms with van der Waals surface area (Å²) in [5, 5.41) is 4.89. The van der Waals surface area contributed by atoms with Crippen LogP contribution in [0, 0.1) is 17.5 Å². The van der Waals surface area contributed by atoms with E-state index in [0.717, 1.165) is 12.1 Å². The second kappa shape index (κ2) is 5.64. The van der Waals surface area contributed by atoms with Crippen molar-refractivity contribution in [2.75, 3.05) is 17.7 Å². The number of nitrogens with one attached hydrogen (secondary N) is 2. The van der Waals surface area contributed by atoms with Gasteiger partial charge in [0, 0.05) is 18.8 Å². The predicted molar refractivity (Wildman–Crippen MR) is 70.3 cm³/mol. The maximum absolute atomic E-state index is 13.5. The number of para-hydroxylation sites is 1. The van der Waals surface area contributed by atoms with E-state index in [1.165, 1.54) is 25.2 Å². The number of carbonyl (C=O) groups is 1. The first-order valence-electron chi connectivity index (χ1n) is 5.75. The Hall–Kier alpha value is -2.50. The lowest BCUT2D eigenvalue weighted by Crippen LogP contribution is -2.15. The molecule has 0 radical (unpaired) electrons. The lowest BCUT2D eigenvalue weighted by molar-refractivity contribution is 0.102. The number of carbonyl (C=O) groups excluding carboxylic acids is 1. The summed E-state index contributed by atoms with van der Waals surface area (Å²) in [6.45, 7) is 0. The number of hydrogen-bond acceptors (Lipinski definition) is 2. The molecule has 0 atom stereocenters. The molecule has 0 heterocycles. The van der Waals surface area contributed by atoms with Crippen LogP contribution in [0.15, 0.2) is 36.4 Å². The normalized spacial score (nSPS) is 10.2. The van der Waals surface area contributed by atoms with Crippen LogP contribution in [0.4, 0.5) is 24.5 Å². The van der Waals surface area contributed by atoms with Gasteiger partial charge in [0.2, 0.25) is 0 Å². The molecule has 3 nitrogen and oxygen atoms in total. The average Bonchev–Trinajstić information content (AvgIpc) is 2.37. The summed E-state index contributed by atoms with van der Waals surface area (Å²) in [4.78, 5) is 12.0. The van der Waals surface area contributed by atoms with Gasteiger partial charge in [-0.3, -0.25) is 4.79 Å². The fourth-order valence-corrected chi connectivity index (χ4v) is 1.79. The fourth-order valence-electron chi connectivity index (χ4n) is 1.79. The zero-order chi connectivity index (χ0) is 14.7. The van der Waals surface area contributed by atoms with Crippen LogP contribution in [0.5, 0.6) is 0 Å². The highest BCUT2D eigenvalue weighted by Crippen LogP contribution is 2.21. The molecule has 0 aliphatic carbocycles. The van der Waals surface area contributed by atoms with E-state index in [4.69, 9.17) is 0 Å². The van der Waals surface area contributed by atoms with Crippen LogP contribution in [0.2, 0.25) is 0 Å². The molecule has 1 amide bonds. The number of anilines is 2. The van der Waals surface area contributed by atoms with Gasteiger partial charge in [-0.2, -0.15) is 0 Å². The van der Waals surface area contributed by atoms with Gasteiger partial charge < -0.3 is 10.6 Å². The van der Waals surface area contributed by atoms with E-state index in [9.17, 15) is 18.0 Å². The van der Waals surface area contributed by atoms with Crippen molar-refractivity contribution in [1.29, 1.82) is 0 Å². The highest BCUT2D eigenvalue weighted by Gasteiger charge is 2.14. The van der Waals surface area contributed by atoms with Crippen LogP contribution >= 0.6 is 0 Å². The van der Waals surface area contributed by atoms with Gasteiger partial charge in [-0.05, 0) is 24.3 Å². The van der Waals surface area contributed by atoms with E-state index in [1.807, 2.05) is 0 Å². The lowest BCUT2D eigenvalue weighted by atomic mass is 10.1. The predicted octanol–water partition coefficient (Wildman–Crippen LogP) is 3.40. The van der Waals surface area contributed by atoms with E-state index in [1.54, 1.807) is 0 Å². The fraction of sp³-hybridized carbons (Fsp3) is 0.0714. The maximum Gasteiger partial charge on any atom is 0.257 e. The van der Waals surface area contributed by atoms with Crippen molar-refractivity contribution in [3.8, 4) is 0 Å². The van der Waals surface area contributed by atoms with Crippen LogP contribution in [-0.4, -0.2) is 13.0 Å². The number of benzene rings is 2. The third-order valence-electron chi connectivity index (χ3n) is 2.63. The Kier molecular flexibility index (Phi) is 3.93. The highest BCUT2D eigenvalue weighted by atomic mass is 19.1. The summed E-state index contributed by atoms with van der Waals surface area (Å²) in [6.07, 6.45) is 0. The van der Waals surface area contributed by atoms with E-state index < -0.39 is 23.4 Å². The molecule has 20 heavy (non-hydrogen) atoms. The summed E-state index contributed by atoms with van der Waals surface area (Å²) in [5.74, 6) is -2.88. The van der Waals surface area contributed by atoms with E-state index in [2.05, 4.69) is 10.6 Å². The number of hydrogen-bond donors (Lipinski definition) is 2. The third kappa shape index (κ3) is 2.90. The van der Waals surface area contributed by atoms with Crippen LogP contribution < -0.4 is 10.6 Å². The van der Waals surface area contributed by atoms with Gasteiger partial charge in [0.05, 0.1) is 11.3 Å². The zero-order valence-electron chi connectivity index (χ0n) is 10.5. The van der Waals surface area contributed by atoms with Crippen molar-refractivity contribution in [2.45, 2.75) is 0 Å². The topological polar surface area (TPSA) is 41.1 Å². The first-order chi connectivity index (χ1) is 9.51. The van der Waals surface area contributed by atoms with Gasteiger partial charge in [0.15, 0.2) is 0 Å². The van der Waals surface area contributed by atoms with Gasteiger partial charge in [-0.15, -0.1) is 0 Å². The van der Waals surface area contributed by atoms with Crippen molar-refractivity contribution >= 4 is 17.3 Å². The van der Waals surface area contributed by atoms with Crippen molar-refractivity contribution in [1.82, 2.24) is 0 Å². The first kappa shape index (κ1) is 13.9. The molecule has 0 bridgehead atoms. The Labute approximate surface area is 113 Å². The minimum absolute atomic E-state index is 0.0156. The minimum Gasteiger partial charge on any atom is -0.385 e. The molecule has 2 rings (SSSR count). The van der Waals surface area contributed by atoms with Crippen molar-refractivity contribution in [2.24, 2.45) is 0 Å². The molecular formula is C14H11F3N2O. The quantitative estimate of drug-likeness (QED) is 0.904. The Bertz CT molecular complexity index is 639. The van der Waals surface area contributed by atoms with Gasteiger partial charge in [0.1, 0.15) is 17.5 Å². The maximum atomic E-state index is 13.5. The Balaban J connectivity index is 2.31. The molecule has 0 spiro atoms. The summed E-state index contributed by atoms with van der Waals surface area (Å²) in [6, 6.07) is 6.61. The third-order valence-corrected chi connectivity index (χ3v) is 2.63. The highest BCUT2D eigenvalue weighted by molar-refractivity contribution is 6.08. The smallest absolute Gasteiger partial charge is 0.257 e. The molecule has 0 aromatic heterocycles. The Morgan fingerprint density at radius 1 is 1.05 bits per heavy atom. The number of rotatable bonds is 3. The van der Waals surface area contributed by atoms with Crippen LogP contribution in [-0.2, 0) is 0 Å². The Morgan fingerprint density at radius 2 is 1.70 bits per heavy atom. The van der Waals surface area contributed by atoms with Crippen molar-refractivity contribution < 1.29 is 18.0 Å². The van der Waals surface area contributed by atoms with E-state index in [-0.39, 0.29) is 16.9 Å². The molecule has 0 saturated heterocycles. The van der Waals surface area contributed by atoms with Gasteiger partial charge in [-0.1, -0.05) is 6.07 Å². The van der Waals surface area contributed by atoms with Crippen LogP contribution in [0.25, 0.3) is 0 Å². The molecule has 2 aromatic rings. The zero-order valence-corrected chi connectivity index (χ0v) is 10.5. The van der Waals surface area contributed by atoms with Gasteiger partial charge >= 0.3 is 0 Å². The molecule has 0 unspecified atom stereocenters. The molecule has 0 fully saturated rings. The molecule has 2 N–H and O–H groups in total. The second-order valence-corrected chi connectivity index (χ2v) is 4.02. The SMILES string of the molecule is CNc1c(F)cccc1C(=O)Nc1cc(F)cc(F)c1. The molecule has 6 heteroatoms. The van der Waals surface area contributed by atoms with Crippen LogP contribution in [0.1, 0.15) is 10.4 Å². The van der Waals surface area contributed by atoms with Crippen LogP contribution in [0.3, 0.4) is 0 Å². The van der Waals surface area contributed by atoms with E-state index >= 15 is 0 Å². The Morgan fingerprint density at radius 3 is 2.30 bits per heavy atom. The molecule has 0 aliphatic rings. The summed E-state index contributed by atoms with van der Waals surface area (Å²) < 4.78 is 39.6. The average molecular weight is 280 g/mol. The molecule has 104 valence electrons. The summed E-state index contributed by atoms with van der Waals surface area (Å²) in [7, 11) is 1.47. The van der Waals surface area contributed by atoms with Gasteiger partial charge in [-0.25, -0.2) is 13.2 Å². The van der Waals surface area contributed by atoms with Crippen molar-refractivity contribution in [3.63, 3.8) is 0 Å². The standard InChI is InChI=1S/C14H11F3N2O/c1-18-13-11(3-2-4-12(13)17)14(20)19-10-6-8(15)5-9(16)7-10/h2-7,18H,1H3,(H,19,20). The summed E-state index contributed by atoms with van der Waals surface area (Å²) >= 11 is 0. The lowest BCUT2D eigenvalue weighted by Gasteiger charge is -2.10. The minimum atomic E-state index is -0.812.